The summed E-state index contributed by atoms with van der Waals surface area (Å²) >= 11 is 0. The summed E-state index contributed by atoms with van der Waals surface area (Å²) < 4.78 is 7.22. The van der Waals surface area contributed by atoms with Gasteiger partial charge in [-0.2, -0.15) is 4.98 Å². The van der Waals surface area contributed by atoms with Gasteiger partial charge >= 0.3 is 0 Å². The van der Waals surface area contributed by atoms with Crippen LogP contribution in [0.4, 0.5) is 23.1 Å². The first-order chi connectivity index (χ1) is 16.1. The Morgan fingerprint density at radius 1 is 0.970 bits per heavy atom. The number of nitrogens with zero attached hydrogens (tertiary/aromatic N) is 5. The third-order valence-electron chi connectivity index (χ3n) is 5.47. The van der Waals surface area contributed by atoms with E-state index in [0.717, 1.165) is 35.9 Å². The van der Waals surface area contributed by atoms with Crippen LogP contribution in [0, 0.1) is 13.8 Å². The van der Waals surface area contributed by atoms with Gasteiger partial charge < -0.3 is 20.3 Å². The number of hydrogen-bond donors (Lipinski definition) is 2. The Kier molecular flexibility index (Phi) is 5.62. The second-order valence-corrected chi connectivity index (χ2v) is 7.93. The molecule has 1 fully saturated rings. The summed E-state index contributed by atoms with van der Waals surface area (Å²) in [5.41, 5.74) is 4.42. The minimum Gasteiger partial charge on any atom is -0.378 e. The summed E-state index contributed by atoms with van der Waals surface area (Å²) in [4.78, 5) is 28.7. The molecule has 0 radical (unpaired) electrons. The van der Waals surface area contributed by atoms with Crippen LogP contribution in [0.3, 0.4) is 0 Å². The predicted molar refractivity (Wildman–Crippen MR) is 127 cm³/mol. The fourth-order valence-corrected chi connectivity index (χ4v) is 3.88. The Balaban J connectivity index is 1.29. The zero-order valence-electron chi connectivity index (χ0n) is 18.6. The molecule has 2 N–H and O–H groups in total. The number of morpholine rings is 1. The lowest BCUT2D eigenvalue weighted by Gasteiger charge is -2.27. The van der Waals surface area contributed by atoms with Crippen LogP contribution in [-0.2, 0) is 4.74 Å². The number of imidazole rings is 1. The molecule has 1 aromatic carbocycles. The number of rotatable bonds is 5. The molecule has 0 spiro atoms. The zero-order valence-corrected chi connectivity index (χ0v) is 18.6. The number of pyridine rings is 1. The van der Waals surface area contributed by atoms with Gasteiger partial charge in [-0.25, -0.2) is 9.97 Å². The molecular weight excluding hydrogens is 418 g/mol. The molecule has 9 nitrogen and oxygen atoms in total. The molecule has 0 bridgehead atoms. The highest BCUT2D eigenvalue weighted by atomic mass is 16.5. The van der Waals surface area contributed by atoms with Crippen molar-refractivity contribution in [1.29, 1.82) is 0 Å². The Labute approximate surface area is 191 Å². The quantitative estimate of drug-likeness (QED) is 0.487. The molecule has 0 saturated carbocycles. The number of carbonyl (C=O) groups excluding carboxylic acids is 1. The molecule has 9 heteroatoms. The average molecular weight is 444 g/mol. The molecular formula is C24H25N7O2. The van der Waals surface area contributed by atoms with Crippen molar-refractivity contribution in [2.45, 2.75) is 13.8 Å². The molecule has 1 aliphatic rings. The number of carbonyl (C=O) groups is 1. The molecule has 1 saturated heterocycles. The van der Waals surface area contributed by atoms with E-state index in [9.17, 15) is 4.79 Å². The van der Waals surface area contributed by atoms with Crippen LogP contribution in [0.5, 0.6) is 0 Å². The molecule has 1 amide bonds. The topological polar surface area (TPSA) is 96.7 Å². The Hall–Kier alpha value is -3.98. The number of fused-ring (bicyclic) bond motifs is 1. The summed E-state index contributed by atoms with van der Waals surface area (Å²) in [5.74, 6) is 1.23. The van der Waals surface area contributed by atoms with Crippen LogP contribution in [0.1, 0.15) is 21.9 Å². The smallest absolute Gasteiger partial charge is 0.274 e. The molecule has 4 heterocycles. The van der Waals surface area contributed by atoms with Crippen molar-refractivity contribution >= 4 is 34.7 Å². The number of aromatic nitrogens is 4. The first-order valence-electron chi connectivity index (χ1n) is 10.9. The Morgan fingerprint density at radius 3 is 2.52 bits per heavy atom. The highest BCUT2D eigenvalue weighted by molar-refractivity contribution is 6.04. The van der Waals surface area contributed by atoms with Crippen molar-refractivity contribution in [3.8, 4) is 0 Å². The van der Waals surface area contributed by atoms with Gasteiger partial charge in [0, 0.05) is 42.4 Å². The first-order valence-corrected chi connectivity index (χ1v) is 10.9. The molecule has 3 aromatic heterocycles. The maximum atomic E-state index is 12.9. The predicted octanol–water partition coefficient (Wildman–Crippen LogP) is 3.57. The van der Waals surface area contributed by atoms with E-state index in [2.05, 4.69) is 30.5 Å². The van der Waals surface area contributed by atoms with Gasteiger partial charge in [-0.05, 0) is 50.2 Å². The summed E-state index contributed by atoms with van der Waals surface area (Å²) in [6.07, 6.45) is 1.84. The number of nitrogens with one attached hydrogen (secondary N) is 2. The maximum Gasteiger partial charge on any atom is 0.274 e. The fraction of sp³-hybridized carbons (Fsp3) is 0.250. The number of ether oxygens (including phenoxy) is 1. The van der Waals surface area contributed by atoms with E-state index in [1.54, 1.807) is 4.40 Å². The largest absolute Gasteiger partial charge is 0.378 e. The molecule has 0 atom stereocenters. The van der Waals surface area contributed by atoms with E-state index in [-0.39, 0.29) is 5.91 Å². The molecule has 168 valence electrons. The van der Waals surface area contributed by atoms with Gasteiger partial charge in [0.25, 0.3) is 5.91 Å². The Bertz CT molecular complexity index is 1290. The fourth-order valence-electron chi connectivity index (χ4n) is 3.88. The second kappa shape index (κ2) is 8.87. The standard InChI is InChI=1S/C24H25N7O2/c1-16-15-20(29-24(25-16)30-11-13-33-14-12-30)27-18-6-8-19(9-7-18)28-23(32)22-17(2)26-21-5-3-4-10-31(21)22/h3-10,15H,11-14H2,1-2H3,(H,28,32)(H,25,27,29). The number of hydrogen-bond acceptors (Lipinski definition) is 7. The van der Waals surface area contributed by atoms with E-state index in [1.807, 2.05) is 68.6 Å². The van der Waals surface area contributed by atoms with Crippen molar-refractivity contribution in [2.24, 2.45) is 0 Å². The van der Waals surface area contributed by atoms with Gasteiger partial charge in [-0.15, -0.1) is 0 Å². The lowest BCUT2D eigenvalue weighted by atomic mass is 10.2. The molecule has 5 rings (SSSR count). The maximum absolute atomic E-state index is 12.9. The molecule has 1 aliphatic heterocycles. The molecule has 0 aliphatic carbocycles. The third-order valence-corrected chi connectivity index (χ3v) is 5.47. The number of amides is 1. The van der Waals surface area contributed by atoms with Crippen molar-refractivity contribution in [1.82, 2.24) is 19.4 Å². The van der Waals surface area contributed by atoms with Crippen molar-refractivity contribution in [3.63, 3.8) is 0 Å². The minimum atomic E-state index is -0.200. The highest BCUT2D eigenvalue weighted by Crippen LogP contribution is 2.22. The van der Waals surface area contributed by atoms with Crippen LogP contribution in [-0.4, -0.2) is 51.6 Å². The SMILES string of the molecule is Cc1cc(Nc2ccc(NC(=O)c3c(C)nc4ccccn34)cc2)nc(N2CCOCC2)n1. The van der Waals surface area contributed by atoms with E-state index in [4.69, 9.17) is 4.74 Å². The molecule has 4 aromatic rings. The van der Waals surface area contributed by atoms with E-state index >= 15 is 0 Å². The van der Waals surface area contributed by atoms with Crippen LogP contribution >= 0.6 is 0 Å². The van der Waals surface area contributed by atoms with Gasteiger partial charge in [-0.3, -0.25) is 9.20 Å². The van der Waals surface area contributed by atoms with E-state index in [1.165, 1.54) is 0 Å². The van der Waals surface area contributed by atoms with E-state index in [0.29, 0.717) is 36.2 Å². The lowest BCUT2D eigenvalue weighted by Crippen LogP contribution is -2.37. The Morgan fingerprint density at radius 2 is 1.73 bits per heavy atom. The van der Waals surface area contributed by atoms with Crippen LogP contribution in [0.15, 0.2) is 54.7 Å². The number of anilines is 4. The summed E-state index contributed by atoms with van der Waals surface area (Å²) in [6, 6.07) is 15.1. The third kappa shape index (κ3) is 4.49. The van der Waals surface area contributed by atoms with Gasteiger partial charge in [0.15, 0.2) is 0 Å². The normalized spacial score (nSPS) is 13.8. The van der Waals surface area contributed by atoms with Gasteiger partial charge in [0.1, 0.15) is 17.2 Å². The summed E-state index contributed by atoms with van der Waals surface area (Å²) in [6.45, 7) is 6.72. The second-order valence-electron chi connectivity index (χ2n) is 7.93. The van der Waals surface area contributed by atoms with E-state index < -0.39 is 0 Å². The molecule has 0 unspecified atom stereocenters. The van der Waals surface area contributed by atoms with Crippen LogP contribution in [0.25, 0.3) is 5.65 Å². The minimum absolute atomic E-state index is 0.200. The van der Waals surface area contributed by atoms with Gasteiger partial charge in [-0.1, -0.05) is 6.07 Å². The van der Waals surface area contributed by atoms with Crippen LogP contribution < -0.4 is 15.5 Å². The first kappa shape index (κ1) is 20.9. The lowest BCUT2D eigenvalue weighted by molar-refractivity contribution is 0.102. The van der Waals surface area contributed by atoms with Gasteiger partial charge in [0.2, 0.25) is 5.95 Å². The number of aryl methyl sites for hydroxylation is 2. The van der Waals surface area contributed by atoms with Crippen molar-refractivity contribution in [2.75, 3.05) is 41.8 Å². The monoisotopic (exact) mass is 443 g/mol. The number of benzene rings is 1. The summed E-state index contributed by atoms with van der Waals surface area (Å²) in [5, 5.41) is 6.29. The average Bonchev–Trinajstić information content (AvgIpc) is 3.16. The zero-order chi connectivity index (χ0) is 22.8. The van der Waals surface area contributed by atoms with Gasteiger partial charge in [0.05, 0.1) is 18.9 Å². The highest BCUT2D eigenvalue weighted by Gasteiger charge is 2.17. The van der Waals surface area contributed by atoms with Crippen molar-refractivity contribution in [3.05, 3.63) is 71.8 Å². The summed E-state index contributed by atoms with van der Waals surface area (Å²) in [7, 11) is 0. The molecule has 33 heavy (non-hydrogen) atoms. The van der Waals surface area contributed by atoms with Crippen LogP contribution in [0.2, 0.25) is 0 Å². The van der Waals surface area contributed by atoms with Crippen molar-refractivity contribution < 1.29 is 9.53 Å².